The second-order valence-corrected chi connectivity index (χ2v) is 7.67. The first-order chi connectivity index (χ1) is 16.8. The molecular formula is C26H22F3N3O3. The van der Waals surface area contributed by atoms with Gasteiger partial charge in [-0.2, -0.15) is 0 Å². The minimum Gasteiger partial charge on any atom is -0.488 e. The molecule has 0 saturated carbocycles. The van der Waals surface area contributed by atoms with Gasteiger partial charge in [-0.05, 0) is 43.7 Å². The van der Waals surface area contributed by atoms with Crippen LogP contribution >= 0.6 is 0 Å². The molecule has 0 spiro atoms. The number of hydrogen-bond donors (Lipinski definition) is 0. The predicted molar refractivity (Wildman–Crippen MR) is 124 cm³/mol. The summed E-state index contributed by atoms with van der Waals surface area (Å²) in [6.07, 6.45) is -4.06. The van der Waals surface area contributed by atoms with Crippen LogP contribution in [-0.2, 0) is 17.6 Å². The van der Waals surface area contributed by atoms with Crippen molar-refractivity contribution >= 4 is 5.97 Å². The third-order valence-electron chi connectivity index (χ3n) is 5.13. The summed E-state index contributed by atoms with van der Waals surface area (Å²) in [7, 11) is 0. The third kappa shape index (κ3) is 5.34. The number of benzene rings is 2. The lowest BCUT2D eigenvalue weighted by atomic mass is 10.1. The number of esters is 1. The number of aryl methyl sites for hydroxylation is 1. The van der Waals surface area contributed by atoms with E-state index in [0.29, 0.717) is 23.6 Å². The van der Waals surface area contributed by atoms with Crippen molar-refractivity contribution in [3.63, 3.8) is 0 Å². The van der Waals surface area contributed by atoms with Crippen molar-refractivity contribution in [3.05, 3.63) is 89.7 Å². The first-order valence-electron chi connectivity index (χ1n) is 10.8. The molecule has 6 nitrogen and oxygen atoms in total. The van der Waals surface area contributed by atoms with E-state index in [4.69, 9.17) is 9.47 Å². The minimum atomic E-state index is -4.90. The SMILES string of the molecule is CCOC(=O)c1cnc(-c2cccc(-c3cc(C)ccc3OCc3ccccc3)n2)n1C(F)(F)F. The van der Waals surface area contributed by atoms with Crippen LogP contribution in [0.2, 0.25) is 0 Å². The van der Waals surface area contributed by atoms with E-state index in [1.165, 1.54) is 13.0 Å². The van der Waals surface area contributed by atoms with Gasteiger partial charge in [0.15, 0.2) is 11.5 Å². The summed E-state index contributed by atoms with van der Waals surface area (Å²) in [5.41, 5.74) is 2.16. The topological polar surface area (TPSA) is 66.2 Å². The van der Waals surface area contributed by atoms with Crippen LogP contribution in [0.15, 0.2) is 72.9 Å². The molecule has 0 saturated heterocycles. The van der Waals surface area contributed by atoms with Gasteiger partial charge < -0.3 is 9.47 Å². The summed E-state index contributed by atoms with van der Waals surface area (Å²) in [5, 5.41) is 0. The third-order valence-corrected chi connectivity index (χ3v) is 5.13. The van der Waals surface area contributed by atoms with Gasteiger partial charge in [-0.1, -0.05) is 48.0 Å². The van der Waals surface area contributed by atoms with Crippen LogP contribution in [0.1, 0.15) is 28.5 Å². The number of ether oxygens (including phenoxy) is 2. The van der Waals surface area contributed by atoms with Crippen molar-refractivity contribution in [2.45, 2.75) is 26.8 Å². The van der Waals surface area contributed by atoms with E-state index < -0.39 is 23.8 Å². The van der Waals surface area contributed by atoms with E-state index in [2.05, 4.69) is 9.97 Å². The summed E-state index contributed by atoms with van der Waals surface area (Å²) in [4.78, 5) is 20.4. The van der Waals surface area contributed by atoms with Gasteiger partial charge in [0.05, 0.1) is 18.5 Å². The Labute approximate surface area is 200 Å². The molecule has 4 aromatic rings. The van der Waals surface area contributed by atoms with Crippen LogP contribution in [0.3, 0.4) is 0 Å². The number of hydrogen-bond acceptors (Lipinski definition) is 5. The standard InChI is InChI=1S/C26H22F3N3O3/c1-3-34-25(33)22-15-30-24(32(22)26(27,28)29)21-11-7-10-20(31-21)19-14-17(2)12-13-23(19)35-16-18-8-5-4-6-9-18/h4-15H,3,16H2,1-2H3. The highest BCUT2D eigenvalue weighted by molar-refractivity contribution is 5.88. The highest BCUT2D eigenvalue weighted by Gasteiger charge is 2.39. The number of pyridine rings is 1. The number of alkyl halides is 3. The fourth-order valence-electron chi connectivity index (χ4n) is 3.55. The molecule has 0 unspecified atom stereocenters. The Hall–Kier alpha value is -4.14. The van der Waals surface area contributed by atoms with E-state index in [0.717, 1.165) is 17.3 Å². The first kappa shape index (κ1) is 24.0. The number of aromatic nitrogens is 3. The summed E-state index contributed by atoms with van der Waals surface area (Å²) < 4.78 is 52.4. The van der Waals surface area contributed by atoms with Crippen LogP contribution in [-0.4, -0.2) is 27.1 Å². The zero-order valence-electron chi connectivity index (χ0n) is 19.0. The highest BCUT2D eigenvalue weighted by atomic mass is 19.4. The lowest BCUT2D eigenvalue weighted by Crippen LogP contribution is -2.24. The maximum atomic E-state index is 13.9. The van der Waals surface area contributed by atoms with Gasteiger partial charge in [0.1, 0.15) is 18.1 Å². The van der Waals surface area contributed by atoms with Crippen molar-refractivity contribution < 1.29 is 27.4 Å². The molecular weight excluding hydrogens is 459 g/mol. The van der Waals surface area contributed by atoms with Crippen molar-refractivity contribution in [2.24, 2.45) is 0 Å². The second-order valence-electron chi connectivity index (χ2n) is 7.67. The largest absolute Gasteiger partial charge is 0.490 e. The van der Waals surface area contributed by atoms with Crippen LogP contribution in [0.4, 0.5) is 13.2 Å². The molecule has 4 rings (SSSR count). The van der Waals surface area contributed by atoms with Gasteiger partial charge >= 0.3 is 12.3 Å². The molecule has 35 heavy (non-hydrogen) atoms. The summed E-state index contributed by atoms with van der Waals surface area (Å²) >= 11 is 0. The molecule has 0 N–H and O–H groups in total. The molecule has 2 aromatic heterocycles. The first-order valence-corrected chi connectivity index (χ1v) is 10.8. The molecule has 0 radical (unpaired) electrons. The maximum Gasteiger partial charge on any atom is 0.490 e. The van der Waals surface area contributed by atoms with E-state index in [1.54, 1.807) is 18.2 Å². The van der Waals surface area contributed by atoms with Gasteiger partial charge in [0.2, 0.25) is 0 Å². The molecule has 180 valence electrons. The Balaban J connectivity index is 1.74. The molecule has 0 aliphatic carbocycles. The van der Waals surface area contributed by atoms with Gasteiger partial charge in [-0.25, -0.2) is 19.3 Å². The Kier molecular flexibility index (Phi) is 6.86. The lowest BCUT2D eigenvalue weighted by molar-refractivity contribution is -0.203. The average Bonchev–Trinajstić information content (AvgIpc) is 3.30. The van der Waals surface area contributed by atoms with Crippen LogP contribution < -0.4 is 4.74 Å². The van der Waals surface area contributed by atoms with Crippen molar-refractivity contribution in [1.29, 1.82) is 0 Å². The number of nitrogens with zero attached hydrogens (tertiary/aromatic N) is 3. The van der Waals surface area contributed by atoms with Crippen LogP contribution in [0, 0.1) is 6.92 Å². The average molecular weight is 481 g/mol. The van der Waals surface area contributed by atoms with Gasteiger partial charge in [0, 0.05) is 5.56 Å². The molecule has 0 amide bonds. The van der Waals surface area contributed by atoms with Crippen LogP contribution in [0.25, 0.3) is 22.8 Å². The summed E-state index contributed by atoms with van der Waals surface area (Å²) in [5.74, 6) is -1.09. The predicted octanol–water partition coefficient (Wildman–Crippen LogP) is 6.15. The van der Waals surface area contributed by atoms with Crippen molar-refractivity contribution in [1.82, 2.24) is 14.5 Å². The number of imidazole rings is 1. The molecule has 0 atom stereocenters. The lowest BCUT2D eigenvalue weighted by Gasteiger charge is -2.15. The van der Waals surface area contributed by atoms with E-state index in [1.807, 2.05) is 49.4 Å². The fraction of sp³-hybridized carbons (Fsp3) is 0.192. The van der Waals surface area contributed by atoms with E-state index in [9.17, 15) is 18.0 Å². The second kappa shape index (κ2) is 10.0. The summed E-state index contributed by atoms with van der Waals surface area (Å²) in [6.45, 7) is 3.66. The summed E-state index contributed by atoms with van der Waals surface area (Å²) in [6, 6.07) is 19.8. The Morgan fingerprint density at radius 3 is 2.46 bits per heavy atom. The normalized spacial score (nSPS) is 11.3. The number of rotatable bonds is 7. The smallest absolute Gasteiger partial charge is 0.488 e. The van der Waals surface area contributed by atoms with Crippen LogP contribution in [0.5, 0.6) is 5.75 Å². The van der Waals surface area contributed by atoms with E-state index >= 15 is 0 Å². The molecule has 0 aliphatic rings. The molecule has 9 heteroatoms. The van der Waals surface area contributed by atoms with Crippen molar-refractivity contribution in [3.8, 4) is 28.5 Å². The number of carbonyl (C=O) groups is 1. The maximum absolute atomic E-state index is 13.9. The quantitative estimate of drug-likeness (QED) is 0.296. The monoisotopic (exact) mass is 481 g/mol. The van der Waals surface area contributed by atoms with Gasteiger partial charge in [-0.3, -0.25) is 0 Å². The molecule has 2 heterocycles. The van der Waals surface area contributed by atoms with Gasteiger partial charge in [0.25, 0.3) is 0 Å². The number of carbonyl (C=O) groups excluding carboxylic acids is 1. The van der Waals surface area contributed by atoms with E-state index in [-0.39, 0.29) is 16.9 Å². The zero-order chi connectivity index (χ0) is 25.0. The Morgan fingerprint density at radius 2 is 1.74 bits per heavy atom. The fourth-order valence-corrected chi connectivity index (χ4v) is 3.55. The minimum absolute atomic E-state index is 0.0501. The Morgan fingerprint density at radius 1 is 1.00 bits per heavy atom. The van der Waals surface area contributed by atoms with Gasteiger partial charge in [-0.15, -0.1) is 13.2 Å². The van der Waals surface area contributed by atoms with Crippen molar-refractivity contribution in [2.75, 3.05) is 6.61 Å². The zero-order valence-corrected chi connectivity index (χ0v) is 19.0. The molecule has 2 aromatic carbocycles. The molecule has 0 fully saturated rings. The number of halogens is 3. The Bertz CT molecular complexity index is 1330. The highest BCUT2D eigenvalue weighted by Crippen LogP contribution is 2.34. The molecule has 0 bridgehead atoms. The molecule has 0 aliphatic heterocycles.